The summed E-state index contributed by atoms with van der Waals surface area (Å²) in [4.78, 5) is 0. The Balaban J connectivity index is 0.000000921. The van der Waals surface area contributed by atoms with Crippen LogP contribution in [0.25, 0.3) is 0 Å². The highest BCUT2D eigenvalue weighted by atomic mass is 14.0. The largest absolute Gasteiger partial charge is 0.115 e. The summed E-state index contributed by atoms with van der Waals surface area (Å²) in [5.74, 6) is 2.72. The van der Waals surface area contributed by atoms with E-state index in [-0.39, 0.29) is 0 Å². The summed E-state index contributed by atoms with van der Waals surface area (Å²) in [6.07, 6.45) is 10.3. The molecule has 0 bridgehead atoms. The van der Waals surface area contributed by atoms with Gasteiger partial charge in [0.25, 0.3) is 0 Å². The molecule has 0 saturated heterocycles. The molecule has 0 heteroatoms. The van der Waals surface area contributed by atoms with Gasteiger partial charge >= 0.3 is 0 Å². The summed E-state index contributed by atoms with van der Waals surface area (Å²) in [5.41, 5.74) is 2.37. The maximum atomic E-state index is 5.40. The summed E-state index contributed by atoms with van der Waals surface area (Å²) in [6, 6.07) is 8.20. The molecule has 1 rings (SSSR count). The molecule has 0 aliphatic rings. The molecule has 15 heavy (non-hydrogen) atoms. The van der Waals surface area contributed by atoms with Gasteiger partial charge in [-0.3, -0.25) is 0 Å². The Morgan fingerprint density at radius 1 is 1.13 bits per heavy atom. The van der Waals surface area contributed by atoms with Crippen molar-refractivity contribution in [2.45, 2.75) is 46.5 Å². The first-order chi connectivity index (χ1) is 7.38. The van der Waals surface area contributed by atoms with E-state index in [0.717, 1.165) is 12.0 Å². The lowest BCUT2D eigenvalue weighted by atomic mass is 10.0. The lowest BCUT2D eigenvalue weighted by Crippen LogP contribution is -1.89. The maximum absolute atomic E-state index is 5.40. The average molecular weight is 202 g/mol. The molecule has 82 valence electrons. The molecular weight excluding hydrogens is 180 g/mol. The molecule has 0 amide bonds. The van der Waals surface area contributed by atoms with Crippen LogP contribution in [0.3, 0.4) is 0 Å². The van der Waals surface area contributed by atoms with Crippen LogP contribution < -0.4 is 0 Å². The molecule has 0 aliphatic heterocycles. The number of aryl methyl sites for hydroxylation is 1. The van der Waals surface area contributed by atoms with Crippen molar-refractivity contribution in [1.82, 2.24) is 0 Å². The van der Waals surface area contributed by atoms with Gasteiger partial charge in [0.2, 0.25) is 0 Å². The van der Waals surface area contributed by atoms with Gasteiger partial charge in [0, 0.05) is 5.56 Å². The average Bonchev–Trinajstić information content (AvgIpc) is 2.33. The molecule has 0 radical (unpaired) electrons. The third-order valence-electron chi connectivity index (χ3n) is 2.22. The second kappa shape index (κ2) is 9.34. The van der Waals surface area contributed by atoms with Crippen molar-refractivity contribution in [3.63, 3.8) is 0 Å². The molecule has 0 aromatic heterocycles. The molecule has 0 fully saturated rings. The number of unbranched alkanes of at least 4 members (excludes halogenated alkanes) is 2. The molecule has 0 atom stereocenters. The zero-order valence-electron chi connectivity index (χ0n) is 10.2. The minimum absolute atomic E-state index is 1.05. The second-order valence-electron chi connectivity index (χ2n) is 3.26. The van der Waals surface area contributed by atoms with Crippen LogP contribution in [-0.4, -0.2) is 0 Å². The van der Waals surface area contributed by atoms with Gasteiger partial charge in [-0.25, -0.2) is 0 Å². The van der Waals surface area contributed by atoms with E-state index in [1.54, 1.807) is 0 Å². The van der Waals surface area contributed by atoms with Gasteiger partial charge in [-0.15, -0.1) is 6.42 Å². The number of rotatable bonds is 4. The number of terminal acetylenes is 1. The fourth-order valence-electron chi connectivity index (χ4n) is 1.44. The van der Waals surface area contributed by atoms with Crippen LogP contribution >= 0.6 is 0 Å². The summed E-state index contributed by atoms with van der Waals surface area (Å²) in [6.45, 7) is 6.22. The van der Waals surface area contributed by atoms with Gasteiger partial charge in [-0.05, 0) is 24.5 Å². The van der Waals surface area contributed by atoms with Crippen LogP contribution in [0.2, 0.25) is 0 Å². The first-order valence-corrected chi connectivity index (χ1v) is 5.93. The van der Waals surface area contributed by atoms with E-state index in [4.69, 9.17) is 6.42 Å². The van der Waals surface area contributed by atoms with Gasteiger partial charge in [-0.2, -0.15) is 0 Å². The molecule has 0 spiro atoms. The van der Waals surface area contributed by atoms with E-state index in [1.807, 2.05) is 26.0 Å². The van der Waals surface area contributed by atoms with E-state index < -0.39 is 0 Å². The van der Waals surface area contributed by atoms with Gasteiger partial charge in [0.05, 0.1) is 0 Å². The molecule has 1 aromatic carbocycles. The normalized spacial score (nSPS) is 8.67. The van der Waals surface area contributed by atoms with E-state index in [2.05, 4.69) is 25.0 Å². The summed E-state index contributed by atoms with van der Waals surface area (Å²) < 4.78 is 0. The molecule has 0 unspecified atom stereocenters. The molecule has 0 saturated carbocycles. The zero-order valence-corrected chi connectivity index (χ0v) is 10.2. The summed E-state index contributed by atoms with van der Waals surface area (Å²) >= 11 is 0. The number of hydrogen-bond donors (Lipinski definition) is 0. The van der Waals surface area contributed by atoms with E-state index in [0.29, 0.717) is 0 Å². The lowest BCUT2D eigenvalue weighted by molar-refractivity contribution is 0.717. The van der Waals surface area contributed by atoms with Crippen molar-refractivity contribution in [2.75, 3.05) is 0 Å². The highest BCUT2D eigenvalue weighted by molar-refractivity contribution is 5.39. The first-order valence-electron chi connectivity index (χ1n) is 5.93. The predicted molar refractivity (Wildman–Crippen MR) is 69.0 cm³/mol. The van der Waals surface area contributed by atoms with Gasteiger partial charge in [-0.1, -0.05) is 57.7 Å². The molecule has 0 nitrogen and oxygen atoms in total. The molecular formula is C15H22. The SMILES string of the molecule is C#Cc1ccccc1CCCCC.CC. The van der Waals surface area contributed by atoms with Crippen LogP contribution in [0.1, 0.15) is 51.2 Å². The first kappa shape index (κ1) is 13.8. The van der Waals surface area contributed by atoms with Crippen LogP contribution in [0.5, 0.6) is 0 Å². The minimum Gasteiger partial charge on any atom is -0.115 e. The fraction of sp³-hybridized carbons (Fsp3) is 0.467. The van der Waals surface area contributed by atoms with Crippen molar-refractivity contribution in [1.29, 1.82) is 0 Å². The smallest absolute Gasteiger partial charge is 0.0274 e. The number of hydrogen-bond acceptors (Lipinski definition) is 0. The number of benzene rings is 1. The van der Waals surface area contributed by atoms with Crippen LogP contribution in [0.15, 0.2) is 24.3 Å². The van der Waals surface area contributed by atoms with Crippen LogP contribution in [-0.2, 0) is 6.42 Å². The van der Waals surface area contributed by atoms with Crippen molar-refractivity contribution >= 4 is 0 Å². The Morgan fingerprint density at radius 2 is 1.80 bits per heavy atom. The van der Waals surface area contributed by atoms with Crippen molar-refractivity contribution in [3.05, 3.63) is 35.4 Å². The zero-order chi connectivity index (χ0) is 11.5. The van der Waals surface area contributed by atoms with Crippen molar-refractivity contribution in [3.8, 4) is 12.3 Å². The van der Waals surface area contributed by atoms with Crippen molar-refractivity contribution < 1.29 is 0 Å². The fourth-order valence-corrected chi connectivity index (χ4v) is 1.44. The molecule has 1 aromatic rings. The Hall–Kier alpha value is -1.22. The maximum Gasteiger partial charge on any atom is 0.0274 e. The van der Waals surface area contributed by atoms with E-state index in [9.17, 15) is 0 Å². The third kappa shape index (κ3) is 5.27. The highest BCUT2D eigenvalue weighted by Gasteiger charge is 1.97. The quantitative estimate of drug-likeness (QED) is 0.500. The molecule has 0 aliphatic carbocycles. The van der Waals surface area contributed by atoms with E-state index in [1.165, 1.54) is 24.8 Å². The Kier molecular flexibility index (Phi) is 8.58. The predicted octanol–water partition coefficient (Wildman–Crippen LogP) is 4.43. The Morgan fingerprint density at radius 3 is 2.40 bits per heavy atom. The van der Waals surface area contributed by atoms with Gasteiger partial charge < -0.3 is 0 Å². The molecule has 0 N–H and O–H groups in total. The molecule has 0 heterocycles. The third-order valence-corrected chi connectivity index (χ3v) is 2.22. The summed E-state index contributed by atoms with van der Waals surface area (Å²) in [7, 11) is 0. The summed E-state index contributed by atoms with van der Waals surface area (Å²) in [5, 5.41) is 0. The standard InChI is InChI=1S/C13H16.C2H6/c1-3-5-6-10-13-11-8-7-9-12(13)4-2;1-2/h2,7-9,11H,3,5-6,10H2,1H3;1-2H3. The van der Waals surface area contributed by atoms with Crippen LogP contribution in [0, 0.1) is 12.3 Å². The topological polar surface area (TPSA) is 0 Å². The van der Waals surface area contributed by atoms with Crippen molar-refractivity contribution in [2.24, 2.45) is 0 Å². The lowest BCUT2D eigenvalue weighted by Gasteiger charge is -2.02. The monoisotopic (exact) mass is 202 g/mol. The Bertz CT molecular complexity index is 291. The Labute approximate surface area is 94.7 Å². The highest BCUT2D eigenvalue weighted by Crippen LogP contribution is 2.11. The van der Waals surface area contributed by atoms with Crippen LogP contribution in [0.4, 0.5) is 0 Å². The van der Waals surface area contributed by atoms with Gasteiger partial charge in [0.15, 0.2) is 0 Å². The minimum atomic E-state index is 1.05. The van der Waals surface area contributed by atoms with Gasteiger partial charge in [0.1, 0.15) is 0 Å². The second-order valence-corrected chi connectivity index (χ2v) is 3.26. The van der Waals surface area contributed by atoms with E-state index >= 15 is 0 Å².